The zero-order valence-electron chi connectivity index (χ0n) is 10.6. The third-order valence-corrected chi connectivity index (χ3v) is 2.51. The third-order valence-electron chi connectivity index (χ3n) is 2.51. The second-order valence-electron chi connectivity index (χ2n) is 4.08. The zero-order chi connectivity index (χ0) is 15.4. The van der Waals surface area contributed by atoms with E-state index in [2.05, 4.69) is 15.6 Å². The van der Waals surface area contributed by atoms with Crippen LogP contribution in [0.5, 0.6) is 0 Å². The molecule has 0 radical (unpaired) electrons. The molecule has 0 aliphatic rings. The first kappa shape index (κ1) is 14.4. The lowest BCUT2D eigenvalue weighted by Gasteiger charge is -2.05. The summed E-state index contributed by atoms with van der Waals surface area (Å²) >= 11 is 0. The molecule has 9 nitrogen and oxygen atoms in total. The van der Waals surface area contributed by atoms with Crippen LogP contribution in [-0.4, -0.2) is 31.0 Å². The highest BCUT2D eigenvalue weighted by Crippen LogP contribution is 2.20. The molecule has 0 spiro atoms. The fourth-order valence-corrected chi connectivity index (χ4v) is 1.58. The van der Waals surface area contributed by atoms with Gasteiger partial charge in [-0.2, -0.15) is 0 Å². The van der Waals surface area contributed by atoms with Crippen molar-refractivity contribution in [3.05, 3.63) is 46.0 Å². The molecule has 2 N–H and O–H groups in total. The smallest absolute Gasteiger partial charge is 0.325 e. The second kappa shape index (κ2) is 5.94. The molecule has 0 unspecified atom stereocenters. The second-order valence-corrected chi connectivity index (χ2v) is 4.08. The fraction of sp³-hybridized carbons (Fsp3) is 0.182. The highest BCUT2D eigenvalue weighted by atomic mass is 19.1. The van der Waals surface area contributed by atoms with E-state index in [1.54, 1.807) is 0 Å². The lowest BCUT2D eigenvalue weighted by atomic mass is 10.2. The van der Waals surface area contributed by atoms with Gasteiger partial charge >= 0.3 is 5.97 Å². The molecule has 0 saturated carbocycles. The number of anilines is 1. The zero-order valence-corrected chi connectivity index (χ0v) is 10.6. The Morgan fingerprint density at radius 3 is 2.90 bits per heavy atom. The quantitative estimate of drug-likeness (QED) is 0.602. The number of benzene rings is 1. The predicted molar refractivity (Wildman–Crippen MR) is 68.0 cm³/mol. The number of halogens is 1. The average Bonchev–Trinajstić information content (AvgIpc) is 2.83. The molecular formula is C11H10FN5O4. The summed E-state index contributed by atoms with van der Waals surface area (Å²) < 4.78 is 14.7. The van der Waals surface area contributed by atoms with E-state index in [0.717, 1.165) is 10.7 Å². The number of nitro groups is 1. The molecular weight excluding hydrogens is 285 g/mol. The number of carboxylic acids is 1. The van der Waals surface area contributed by atoms with E-state index in [0.29, 0.717) is 5.69 Å². The van der Waals surface area contributed by atoms with Crippen molar-refractivity contribution in [1.29, 1.82) is 0 Å². The number of aliphatic carboxylic acids is 1. The summed E-state index contributed by atoms with van der Waals surface area (Å²) in [6.45, 7) is -0.215. The van der Waals surface area contributed by atoms with Crippen LogP contribution < -0.4 is 5.32 Å². The first-order valence-electron chi connectivity index (χ1n) is 5.74. The van der Waals surface area contributed by atoms with Crippen molar-refractivity contribution in [2.24, 2.45) is 0 Å². The topological polar surface area (TPSA) is 123 Å². The lowest BCUT2D eigenvalue weighted by Crippen LogP contribution is -2.09. The summed E-state index contributed by atoms with van der Waals surface area (Å²) in [5.41, 5.74) is 0.146. The number of nitrogens with one attached hydrogen (secondary N) is 1. The van der Waals surface area contributed by atoms with E-state index < -0.39 is 16.7 Å². The standard InChI is InChI=1S/C11H10FN5O4/c12-9-3-8(17(20)21)1-2-10(9)13-4-7-5-16(15-14-7)6-11(18)19/h1-3,5,13H,4,6H2,(H,18,19). The van der Waals surface area contributed by atoms with Gasteiger partial charge in [-0.3, -0.25) is 14.9 Å². The maximum atomic E-state index is 13.6. The molecule has 21 heavy (non-hydrogen) atoms. The van der Waals surface area contributed by atoms with Gasteiger partial charge in [0.05, 0.1) is 29.4 Å². The first-order chi connectivity index (χ1) is 9.95. The van der Waals surface area contributed by atoms with Crippen molar-refractivity contribution in [2.75, 3.05) is 5.32 Å². The van der Waals surface area contributed by atoms with Gasteiger partial charge in [0.1, 0.15) is 12.2 Å². The van der Waals surface area contributed by atoms with Gasteiger partial charge in [-0.1, -0.05) is 5.21 Å². The number of nitrogens with zero attached hydrogens (tertiary/aromatic N) is 4. The number of hydrogen-bond donors (Lipinski definition) is 2. The summed E-state index contributed by atoms with van der Waals surface area (Å²) in [4.78, 5) is 20.3. The molecule has 1 aromatic heterocycles. The molecule has 1 aromatic carbocycles. The molecule has 0 bridgehead atoms. The molecule has 0 atom stereocenters. The van der Waals surface area contributed by atoms with Gasteiger partial charge in [0.15, 0.2) is 5.82 Å². The molecule has 110 valence electrons. The van der Waals surface area contributed by atoms with E-state index >= 15 is 0 Å². The summed E-state index contributed by atoms with van der Waals surface area (Å²) in [6.07, 6.45) is 1.41. The monoisotopic (exact) mass is 295 g/mol. The van der Waals surface area contributed by atoms with Crippen molar-refractivity contribution >= 4 is 17.3 Å². The van der Waals surface area contributed by atoms with E-state index in [4.69, 9.17) is 5.11 Å². The van der Waals surface area contributed by atoms with Crippen molar-refractivity contribution in [3.63, 3.8) is 0 Å². The van der Waals surface area contributed by atoms with E-state index in [1.807, 2.05) is 0 Å². The summed E-state index contributed by atoms with van der Waals surface area (Å²) in [5, 5.41) is 29.1. The summed E-state index contributed by atoms with van der Waals surface area (Å²) in [5.74, 6) is -1.82. The Kier molecular flexibility index (Phi) is 4.07. The van der Waals surface area contributed by atoms with Crippen molar-refractivity contribution < 1.29 is 19.2 Å². The molecule has 2 aromatic rings. The van der Waals surface area contributed by atoms with Crippen LogP contribution in [0.2, 0.25) is 0 Å². The Hall–Kier alpha value is -3.04. The SMILES string of the molecule is O=C(O)Cn1cc(CNc2ccc([N+](=O)[O-])cc2F)nn1. The van der Waals surface area contributed by atoms with Crippen LogP contribution in [0.25, 0.3) is 0 Å². The average molecular weight is 295 g/mol. The van der Waals surface area contributed by atoms with Crippen LogP contribution in [0.1, 0.15) is 5.69 Å². The molecule has 0 aliphatic heterocycles. The van der Waals surface area contributed by atoms with E-state index in [9.17, 15) is 19.3 Å². The van der Waals surface area contributed by atoms with Gasteiger partial charge < -0.3 is 10.4 Å². The maximum absolute atomic E-state index is 13.6. The van der Waals surface area contributed by atoms with Gasteiger partial charge in [0.2, 0.25) is 0 Å². The molecule has 10 heteroatoms. The van der Waals surface area contributed by atoms with Crippen LogP contribution in [0.4, 0.5) is 15.8 Å². The number of carbonyl (C=O) groups is 1. The lowest BCUT2D eigenvalue weighted by molar-refractivity contribution is -0.385. The number of nitro benzene ring substituents is 1. The Morgan fingerprint density at radius 2 is 2.29 bits per heavy atom. The fourth-order valence-electron chi connectivity index (χ4n) is 1.58. The van der Waals surface area contributed by atoms with Gasteiger partial charge in [-0.25, -0.2) is 9.07 Å². The molecule has 1 heterocycles. The van der Waals surface area contributed by atoms with Crippen LogP contribution in [-0.2, 0) is 17.9 Å². The Morgan fingerprint density at radius 1 is 1.52 bits per heavy atom. The Bertz CT molecular complexity index is 687. The van der Waals surface area contributed by atoms with Gasteiger partial charge in [-0.05, 0) is 6.07 Å². The summed E-state index contributed by atoms with van der Waals surface area (Å²) in [6, 6.07) is 3.23. The molecule has 0 aliphatic carbocycles. The molecule has 0 saturated heterocycles. The van der Waals surface area contributed by atoms with Crippen molar-refractivity contribution in [2.45, 2.75) is 13.1 Å². The third kappa shape index (κ3) is 3.72. The number of carboxylic acid groups (broad SMARTS) is 1. The minimum Gasteiger partial charge on any atom is -0.480 e. The largest absolute Gasteiger partial charge is 0.480 e. The number of aromatic nitrogens is 3. The van der Waals surface area contributed by atoms with Gasteiger partial charge in [0.25, 0.3) is 5.69 Å². The summed E-state index contributed by atoms with van der Waals surface area (Å²) in [7, 11) is 0. The van der Waals surface area contributed by atoms with Crippen molar-refractivity contribution in [3.8, 4) is 0 Å². The molecule has 0 amide bonds. The van der Waals surface area contributed by atoms with Crippen LogP contribution >= 0.6 is 0 Å². The predicted octanol–water partition coefficient (Wildman–Crippen LogP) is 1.02. The Labute approximate surface area is 117 Å². The molecule has 0 fully saturated rings. The van der Waals surface area contributed by atoms with Crippen LogP contribution in [0.15, 0.2) is 24.4 Å². The number of hydrogen-bond acceptors (Lipinski definition) is 6. The normalized spacial score (nSPS) is 10.3. The van der Waals surface area contributed by atoms with Gasteiger partial charge in [-0.15, -0.1) is 5.10 Å². The maximum Gasteiger partial charge on any atom is 0.325 e. The number of rotatable bonds is 6. The van der Waals surface area contributed by atoms with Crippen LogP contribution in [0.3, 0.4) is 0 Å². The van der Waals surface area contributed by atoms with Gasteiger partial charge in [0, 0.05) is 6.07 Å². The highest BCUT2D eigenvalue weighted by molar-refractivity contribution is 5.66. The van der Waals surface area contributed by atoms with Crippen molar-refractivity contribution in [1.82, 2.24) is 15.0 Å². The van der Waals surface area contributed by atoms with Crippen LogP contribution in [0, 0.1) is 15.9 Å². The first-order valence-corrected chi connectivity index (χ1v) is 5.74. The van der Waals surface area contributed by atoms with E-state index in [-0.39, 0.29) is 24.5 Å². The van der Waals surface area contributed by atoms with E-state index in [1.165, 1.54) is 18.3 Å². The molecule has 2 rings (SSSR count). The minimum absolute atomic E-state index is 0.0772. The highest BCUT2D eigenvalue weighted by Gasteiger charge is 2.11. The number of non-ortho nitro benzene ring substituents is 1. The minimum atomic E-state index is -1.05. The Balaban J connectivity index is 2.01.